The molecule has 0 unspecified atom stereocenters. The molecule has 1 aromatic heterocycles. The molecule has 3 aromatic carbocycles. The number of aromatic nitrogens is 2. The van der Waals surface area contributed by atoms with Gasteiger partial charge in [-0.25, -0.2) is 10.4 Å². The van der Waals surface area contributed by atoms with Gasteiger partial charge in [0.1, 0.15) is 17.3 Å². The van der Waals surface area contributed by atoms with Crippen LogP contribution in [-0.2, 0) is 6.42 Å². The van der Waals surface area contributed by atoms with E-state index in [1.165, 1.54) is 6.21 Å². The number of amides is 1. The van der Waals surface area contributed by atoms with Gasteiger partial charge in [0.15, 0.2) is 0 Å². The summed E-state index contributed by atoms with van der Waals surface area (Å²) in [5, 5.41) is 13.4. The van der Waals surface area contributed by atoms with E-state index < -0.39 is 0 Å². The highest BCUT2D eigenvalue weighted by Gasteiger charge is 2.09. The first kappa shape index (κ1) is 19.2. The van der Waals surface area contributed by atoms with Gasteiger partial charge in [-0.05, 0) is 53.6 Å². The summed E-state index contributed by atoms with van der Waals surface area (Å²) < 4.78 is 5.18. The third-order valence-electron chi connectivity index (χ3n) is 4.57. The molecule has 1 heterocycles. The van der Waals surface area contributed by atoms with Crippen molar-refractivity contribution in [2.24, 2.45) is 5.10 Å². The molecule has 0 radical (unpaired) electrons. The first-order valence-corrected chi connectivity index (χ1v) is 9.35. The second-order valence-corrected chi connectivity index (χ2v) is 6.73. The summed E-state index contributed by atoms with van der Waals surface area (Å²) in [7, 11) is 1.64. The average Bonchev–Trinajstić information content (AvgIpc) is 3.15. The molecule has 0 bridgehead atoms. The number of rotatable bonds is 6. The number of aromatic amines is 1. The predicted octanol–water partition coefficient (Wildman–Crippen LogP) is 3.63. The molecule has 4 aromatic rings. The SMILES string of the molecule is COc1ccc(Cc2nc3ccc(C(=O)N/N=C\c4cccc(O)c4)cc3[nH]2)cc1. The summed E-state index contributed by atoms with van der Waals surface area (Å²) in [5.74, 6) is 1.43. The van der Waals surface area contributed by atoms with Crippen LogP contribution in [0.25, 0.3) is 11.0 Å². The van der Waals surface area contributed by atoms with Crippen LogP contribution in [0, 0.1) is 0 Å². The molecule has 0 aliphatic rings. The van der Waals surface area contributed by atoms with Crippen molar-refractivity contribution < 1.29 is 14.6 Å². The fraction of sp³-hybridized carbons (Fsp3) is 0.0870. The summed E-state index contributed by atoms with van der Waals surface area (Å²) in [6.07, 6.45) is 2.12. The van der Waals surface area contributed by atoms with E-state index in [-0.39, 0.29) is 11.7 Å². The molecule has 0 saturated heterocycles. The molecule has 0 saturated carbocycles. The van der Waals surface area contributed by atoms with Crippen LogP contribution in [-0.4, -0.2) is 34.3 Å². The molecule has 7 heteroatoms. The van der Waals surface area contributed by atoms with Crippen LogP contribution >= 0.6 is 0 Å². The molecule has 1 amide bonds. The standard InChI is InChI=1S/C23H20N4O3/c1-30-19-8-5-15(6-9-19)12-22-25-20-10-7-17(13-21(20)26-22)23(29)27-24-14-16-3-2-4-18(28)11-16/h2-11,13-14,28H,12H2,1H3,(H,25,26)(H,27,29)/b24-14-. The molecule has 0 aliphatic carbocycles. The third-order valence-corrected chi connectivity index (χ3v) is 4.57. The van der Waals surface area contributed by atoms with Gasteiger partial charge in [0, 0.05) is 12.0 Å². The van der Waals surface area contributed by atoms with Crippen LogP contribution in [0.15, 0.2) is 71.8 Å². The van der Waals surface area contributed by atoms with Gasteiger partial charge < -0.3 is 14.8 Å². The first-order valence-electron chi connectivity index (χ1n) is 9.35. The number of fused-ring (bicyclic) bond motifs is 1. The van der Waals surface area contributed by atoms with Gasteiger partial charge in [-0.2, -0.15) is 5.10 Å². The molecular formula is C23H20N4O3. The molecule has 7 nitrogen and oxygen atoms in total. The molecule has 0 fully saturated rings. The normalized spacial score (nSPS) is 11.1. The second-order valence-electron chi connectivity index (χ2n) is 6.73. The van der Waals surface area contributed by atoms with Crippen LogP contribution in [0.3, 0.4) is 0 Å². The van der Waals surface area contributed by atoms with Gasteiger partial charge in [-0.15, -0.1) is 0 Å². The lowest BCUT2D eigenvalue weighted by Gasteiger charge is -2.01. The van der Waals surface area contributed by atoms with Crippen molar-refractivity contribution in [3.05, 3.63) is 89.2 Å². The number of carbonyl (C=O) groups is 1. The van der Waals surface area contributed by atoms with Crippen molar-refractivity contribution in [2.75, 3.05) is 7.11 Å². The number of carbonyl (C=O) groups excluding carboxylic acids is 1. The number of hydrogen-bond acceptors (Lipinski definition) is 5. The Morgan fingerprint density at radius 3 is 2.77 bits per heavy atom. The lowest BCUT2D eigenvalue weighted by molar-refractivity contribution is 0.0955. The van der Waals surface area contributed by atoms with Gasteiger partial charge >= 0.3 is 0 Å². The Bertz CT molecular complexity index is 1210. The molecule has 0 atom stereocenters. The van der Waals surface area contributed by atoms with E-state index in [9.17, 15) is 9.90 Å². The number of ether oxygens (including phenoxy) is 1. The summed E-state index contributed by atoms with van der Waals surface area (Å²) in [4.78, 5) is 20.2. The lowest BCUT2D eigenvalue weighted by Crippen LogP contribution is -2.17. The van der Waals surface area contributed by atoms with Crippen molar-refractivity contribution >= 4 is 23.2 Å². The topological polar surface area (TPSA) is 99.6 Å². The largest absolute Gasteiger partial charge is 0.508 e. The van der Waals surface area contributed by atoms with E-state index in [0.717, 1.165) is 28.2 Å². The number of methoxy groups -OCH3 is 1. The van der Waals surface area contributed by atoms with Crippen LogP contribution in [0.2, 0.25) is 0 Å². The molecule has 3 N–H and O–H groups in total. The van der Waals surface area contributed by atoms with Gasteiger partial charge in [-0.1, -0.05) is 24.3 Å². The molecule has 30 heavy (non-hydrogen) atoms. The van der Waals surface area contributed by atoms with Crippen LogP contribution in [0.4, 0.5) is 0 Å². The fourth-order valence-corrected chi connectivity index (χ4v) is 3.06. The molecule has 0 aliphatic heterocycles. The smallest absolute Gasteiger partial charge is 0.271 e. The molecular weight excluding hydrogens is 380 g/mol. The third kappa shape index (κ3) is 4.47. The van der Waals surface area contributed by atoms with Gasteiger partial charge in [-0.3, -0.25) is 4.79 Å². The molecule has 4 rings (SSSR count). The first-order chi connectivity index (χ1) is 14.6. The van der Waals surface area contributed by atoms with E-state index >= 15 is 0 Å². The second kappa shape index (κ2) is 8.48. The average molecular weight is 400 g/mol. The minimum absolute atomic E-state index is 0.139. The van der Waals surface area contributed by atoms with Crippen molar-refractivity contribution in [1.29, 1.82) is 0 Å². The van der Waals surface area contributed by atoms with Gasteiger partial charge in [0.2, 0.25) is 0 Å². The summed E-state index contributed by atoms with van der Waals surface area (Å²) in [6.45, 7) is 0. The van der Waals surface area contributed by atoms with E-state index in [2.05, 4.69) is 20.5 Å². The zero-order valence-electron chi connectivity index (χ0n) is 16.3. The maximum absolute atomic E-state index is 12.4. The zero-order valence-corrected chi connectivity index (χ0v) is 16.3. The number of hydrazone groups is 1. The molecule has 150 valence electrons. The minimum Gasteiger partial charge on any atom is -0.508 e. The van der Waals surface area contributed by atoms with E-state index in [1.54, 1.807) is 49.6 Å². The Morgan fingerprint density at radius 1 is 1.17 bits per heavy atom. The number of phenolic OH excluding ortho intramolecular Hbond substituents is 1. The maximum atomic E-state index is 12.4. The number of benzene rings is 3. The van der Waals surface area contributed by atoms with Crippen LogP contribution in [0.1, 0.15) is 27.3 Å². The Labute approximate surface area is 173 Å². The van der Waals surface area contributed by atoms with Crippen LogP contribution < -0.4 is 10.2 Å². The highest BCUT2D eigenvalue weighted by molar-refractivity contribution is 5.97. The maximum Gasteiger partial charge on any atom is 0.271 e. The number of nitrogens with one attached hydrogen (secondary N) is 2. The molecule has 0 spiro atoms. The van der Waals surface area contributed by atoms with Crippen molar-refractivity contribution in [3.63, 3.8) is 0 Å². The van der Waals surface area contributed by atoms with Crippen LogP contribution in [0.5, 0.6) is 11.5 Å². The summed E-state index contributed by atoms with van der Waals surface area (Å²) in [6, 6.07) is 19.7. The Hall–Kier alpha value is -4.13. The predicted molar refractivity (Wildman–Crippen MR) is 115 cm³/mol. The number of phenols is 1. The number of aromatic hydroxyl groups is 1. The Morgan fingerprint density at radius 2 is 2.00 bits per heavy atom. The summed E-state index contributed by atoms with van der Waals surface area (Å²) >= 11 is 0. The number of hydrogen-bond donors (Lipinski definition) is 3. The summed E-state index contributed by atoms with van der Waals surface area (Å²) in [5.41, 5.74) is 6.32. The van der Waals surface area contributed by atoms with Crippen molar-refractivity contribution in [3.8, 4) is 11.5 Å². The minimum atomic E-state index is -0.334. The van der Waals surface area contributed by atoms with E-state index in [0.29, 0.717) is 17.5 Å². The van der Waals surface area contributed by atoms with Gasteiger partial charge in [0.25, 0.3) is 5.91 Å². The van der Waals surface area contributed by atoms with Gasteiger partial charge in [0.05, 0.1) is 24.4 Å². The monoisotopic (exact) mass is 400 g/mol. The fourth-order valence-electron chi connectivity index (χ4n) is 3.06. The quantitative estimate of drug-likeness (QED) is 0.340. The van der Waals surface area contributed by atoms with E-state index in [1.807, 2.05) is 24.3 Å². The number of nitrogens with zero attached hydrogens (tertiary/aromatic N) is 2. The van der Waals surface area contributed by atoms with Crippen molar-refractivity contribution in [2.45, 2.75) is 6.42 Å². The highest BCUT2D eigenvalue weighted by Crippen LogP contribution is 2.18. The zero-order chi connectivity index (χ0) is 20.9. The van der Waals surface area contributed by atoms with Crippen molar-refractivity contribution in [1.82, 2.24) is 15.4 Å². The Balaban J connectivity index is 1.45. The Kier molecular flexibility index (Phi) is 5.43. The number of imidazole rings is 1. The highest BCUT2D eigenvalue weighted by atomic mass is 16.5. The number of H-pyrrole nitrogens is 1. The lowest BCUT2D eigenvalue weighted by atomic mass is 10.1. The van der Waals surface area contributed by atoms with E-state index in [4.69, 9.17) is 4.74 Å².